The first-order valence-corrected chi connectivity index (χ1v) is 7.02. The number of aliphatic carboxylic acids is 1. The maximum Gasteiger partial charge on any atom is 0.306 e. The van der Waals surface area contributed by atoms with Crippen LogP contribution in [0.25, 0.3) is 0 Å². The first kappa shape index (κ1) is 14.6. The van der Waals surface area contributed by atoms with Crippen molar-refractivity contribution >= 4 is 12.3 Å². The van der Waals surface area contributed by atoms with Crippen molar-refractivity contribution in [2.75, 3.05) is 6.61 Å². The van der Waals surface area contributed by atoms with Crippen LogP contribution in [0.1, 0.15) is 41.6 Å². The quantitative estimate of drug-likeness (QED) is 0.839. The topological polar surface area (TPSA) is 63.6 Å². The van der Waals surface area contributed by atoms with Gasteiger partial charge in [-0.25, -0.2) is 0 Å². The maximum atomic E-state index is 11.1. The lowest BCUT2D eigenvalue weighted by atomic mass is 9.82. The van der Waals surface area contributed by atoms with Gasteiger partial charge in [0.15, 0.2) is 6.29 Å². The Morgan fingerprint density at radius 2 is 2.05 bits per heavy atom. The lowest BCUT2D eigenvalue weighted by Crippen LogP contribution is -2.24. The van der Waals surface area contributed by atoms with Crippen LogP contribution < -0.4 is 4.74 Å². The average molecular weight is 276 g/mol. The summed E-state index contributed by atoms with van der Waals surface area (Å²) in [4.78, 5) is 22.0. The lowest BCUT2D eigenvalue weighted by molar-refractivity contribution is -0.143. The predicted octanol–water partition coefficient (Wildman–Crippen LogP) is 3.08. The van der Waals surface area contributed by atoms with Gasteiger partial charge in [-0.3, -0.25) is 9.59 Å². The molecule has 4 nitrogen and oxygen atoms in total. The molecule has 2 rings (SSSR count). The molecule has 1 fully saturated rings. The number of hydrogen-bond donors (Lipinski definition) is 1. The van der Waals surface area contributed by atoms with Gasteiger partial charge in [-0.1, -0.05) is 12.1 Å². The fourth-order valence-corrected chi connectivity index (χ4v) is 2.71. The minimum absolute atomic E-state index is 0.198. The molecule has 1 aliphatic rings. The van der Waals surface area contributed by atoms with Crippen molar-refractivity contribution in [1.29, 1.82) is 0 Å². The van der Waals surface area contributed by atoms with E-state index >= 15 is 0 Å². The summed E-state index contributed by atoms with van der Waals surface area (Å²) >= 11 is 0. The molecule has 20 heavy (non-hydrogen) atoms. The number of carboxylic acid groups (broad SMARTS) is 1. The highest BCUT2D eigenvalue weighted by molar-refractivity contribution is 5.81. The molecule has 1 saturated carbocycles. The van der Waals surface area contributed by atoms with E-state index < -0.39 is 5.97 Å². The molecule has 108 valence electrons. The van der Waals surface area contributed by atoms with E-state index in [0.717, 1.165) is 37.5 Å². The van der Waals surface area contributed by atoms with Crippen LogP contribution in [-0.4, -0.2) is 24.0 Å². The number of rotatable bonds is 5. The molecule has 1 aromatic carbocycles. The third kappa shape index (κ3) is 3.38. The Kier molecular flexibility index (Phi) is 4.77. The molecule has 0 aliphatic heterocycles. The molecule has 0 unspecified atom stereocenters. The van der Waals surface area contributed by atoms with Gasteiger partial charge in [0.1, 0.15) is 5.75 Å². The van der Waals surface area contributed by atoms with Crippen molar-refractivity contribution in [3.05, 3.63) is 29.3 Å². The molecular formula is C16H20O4. The molecule has 0 atom stereocenters. The van der Waals surface area contributed by atoms with Gasteiger partial charge in [-0.15, -0.1) is 0 Å². The summed E-state index contributed by atoms with van der Waals surface area (Å²) < 4.78 is 5.77. The molecule has 4 heteroatoms. The Bertz CT molecular complexity index is 487. The number of carbonyl (C=O) groups is 2. The third-order valence-corrected chi connectivity index (χ3v) is 4.07. The molecule has 0 aromatic heterocycles. The molecule has 0 radical (unpaired) electrons. The van der Waals surface area contributed by atoms with E-state index in [4.69, 9.17) is 9.84 Å². The summed E-state index contributed by atoms with van der Waals surface area (Å²) in [6, 6.07) is 5.56. The maximum absolute atomic E-state index is 11.1. The Hall–Kier alpha value is -1.84. The summed E-state index contributed by atoms with van der Waals surface area (Å²) in [6.45, 7) is 2.44. The second kappa shape index (κ2) is 6.55. The largest absolute Gasteiger partial charge is 0.493 e. The molecule has 1 aliphatic carbocycles. The van der Waals surface area contributed by atoms with E-state index in [0.29, 0.717) is 23.8 Å². The van der Waals surface area contributed by atoms with Gasteiger partial charge < -0.3 is 9.84 Å². The van der Waals surface area contributed by atoms with Gasteiger partial charge in [-0.2, -0.15) is 0 Å². The number of benzene rings is 1. The summed E-state index contributed by atoms with van der Waals surface area (Å²) in [7, 11) is 0. The van der Waals surface area contributed by atoms with E-state index in [1.54, 1.807) is 6.07 Å². The van der Waals surface area contributed by atoms with Gasteiger partial charge in [0.25, 0.3) is 0 Å². The number of carboxylic acids is 1. The van der Waals surface area contributed by atoms with Crippen molar-refractivity contribution < 1.29 is 19.4 Å². The second-order valence-electron chi connectivity index (χ2n) is 5.47. The van der Waals surface area contributed by atoms with E-state index in [1.165, 1.54) is 0 Å². The van der Waals surface area contributed by atoms with Gasteiger partial charge in [-0.05, 0) is 50.2 Å². The first-order valence-electron chi connectivity index (χ1n) is 7.02. The summed E-state index contributed by atoms with van der Waals surface area (Å²) in [5.74, 6) is 0.119. The Morgan fingerprint density at radius 1 is 1.35 bits per heavy atom. The highest BCUT2D eigenvalue weighted by atomic mass is 16.5. The van der Waals surface area contributed by atoms with E-state index in [-0.39, 0.29) is 5.92 Å². The standard InChI is InChI=1S/C16H20O4/c1-11-3-2-4-15(14(11)9-17)20-10-12-5-7-13(8-6-12)16(18)19/h2-4,9,12-13H,5-8,10H2,1H3,(H,18,19). The summed E-state index contributed by atoms with van der Waals surface area (Å²) in [5.41, 5.74) is 1.51. The van der Waals surface area contributed by atoms with Crippen LogP contribution in [0.15, 0.2) is 18.2 Å². The Balaban J connectivity index is 1.89. The number of ether oxygens (including phenoxy) is 1. The zero-order valence-corrected chi connectivity index (χ0v) is 11.7. The van der Waals surface area contributed by atoms with E-state index in [9.17, 15) is 9.59 Å². The van der Waals surface area contributed by atoms with Crippen LogP contribution in [0, 0.1) is 18.8 Å². The highest BCUT2D eigenvalue weighted by Gasteiger charge is 2.26. The van der Waals surface area contributed by atoms with E-state index in [1.807, 2.05) is 19.1 Å². The van der Waals surface area contributed by atoms with Crippen LogP contribution in [0.4, 0.5) is 0 Å². The van der Waals surface area contributed by atoms with Crippen molar-refractivity contribution in [1.82, 2.24) is 0 Å². The molecule has 0 amide bonds. The number of aryl methyl sites for hydroxylation is 1. The van der Waals surface area contributed by atoms with Crippen molar-refractivity contribution in [3.8, 4) is 5.75 Å². The molecule has 1 aromatic rings. The van der Waals surface area contributed by atoms with Crippen LogP contribution in [-0.2, 0) is 4.79 Å². The normalized spacial score (nSPS) is 22.2. The Morgan fingerprint density at radius 3 is 2.65 bits per heavy atom. The average Bonchev–Trinajstić information content (AvgIpc) is 2.45. The highest BCUT2D eigenvalue weighted by Crippen LogP contribution is 2.30. The van der Waals surface area contributed by atoms with Crippen LogP contribution in [0.5, 0.6) is 5.75 Å². The fraction of sp³-hybridized carbons (Fsp3) is 0.500. The van der Waals surface area contributed by atoms with Crippen LogP contribution >= 0.6 is 0 Å². The molecule has 1 N–H and O–H groups in total. The van der Waals surface area contributed by atoms with Gasteiger partial charge >= 0.3 is 5.97 Å². The molecule has 0 saturated heterocycles. The van der Waals surface area contributed by atoms with Crippen LogP contribution in [0.2, 0.25) is 0 Å². The molecule has 0 spiro atoms. The molecule has 0 bridgehead atoms. The van der Waals surface area contributed by atoms with Gasteiger partial charge in [0, 0.05) is 0 Å². The Labute approximate surface area is 118 Å². The SMILES string of the molecule is Cc1cccc(OCC2CCC(C(=O)O)CC2)c1C=O. The molecule has 0 heterocycles. The van der Waals surface area contributed by atoms with Crippen molar-refractivity contribution in [3.63, 3.8) is 0 Å². The fourth-order valence-electron chi connectivity index (χ4n) is 2.71. The lowest BCUT2D eigenvalue weighted by Gasteiger charge is -2.26. The van der Waals surface area contributed by atoms with Gasteiger partial charge in [0.2, 0.25) is 0 Å². The van der Waals surface area contributed by atoms with Crippen LogP contribution in [0.3, 0.4) is 0 Å². The number of carbonyl (C=O) groups excluding carboxylic acids is 1. The zero-order chi connectivity index (χ0) is 14.5. The summed E-state index contributed by atoms with van der Waals surface area (Å²) in [6.07, 6.45) is 4.01. The monoisotopic (exact) mass is 276 g/mol. The third-order valence-electron chi connectivity index (χ3n) is 4.07. The predicted molar refractivity (Wildman–Crippen MR) is 75.1 cm³/mol. The van der Waals surface area contributed by atoms with E-state index in [2.05, 4.69) is 0 Å². The van der Waals surface area contributed by atoms with Crippen molar-refractivity contribution in [2.45, 2.75) is 32.6 Å². The smallest absolute Gasteiger partial charge is 0.306 e. The minimum Gasteiger partial charge on any atom is -0.493 e. The van der Waals surface area contributed by atoms with Gasteiger partial charge in [0.05, 0.1) is 18.1 Å². The summed E-state index contributed by atoms with van der Waals surface area (Å²) in [5, 5.41) is 8.96. The van der Waals surface area contributed by atoms with Crippen molar-refractivity contribution in [2.24, 2.45) is 11.8 Å². The number of hydrogen-bond acceptors (Lipinski definition) is 3. The second-order valence-corrected chi connectivity index (χ2v) is 5.47. The molecular weight excluding hydrogens is 256 g/mol. The zero-order valence-electron chi connectivity index (χ0n) is 11.7. The first-order chi connectivity index (χ1) is 9.61. The minimum atomic E-state index is -0.689. The number of aldehydes is 1.